The summed E-state index contributed by atoms with van der Waals surface area (Å²) >= 11 is 1.04. The molecule has 0 aliphatic carbocycles. The minimum atomic E-state index is -1.04. The van der Waals surface area contributed by atoms with E-state index in [-0.39, 0.29) is 23.3 Å². The van der Waals surface area contributed by atoms with Crippen LogP contribution in [0.4, 0.5) is 4.39 Å². The first kappa shape index (κ1) is 18.8. The Labute approximate surface area is 159 Å². The highest BCUT2D eigenvalue weighted by molar-refractivity contribution is 8.15. The topological polar surface area (TPSA) is 91.1 Å². The van der Waals surface area contributed by atoms with E-state index in [0.29, 0.717) is 0 Å². The van der Waals surface area contributed by atoms with Crippen molar-refractivity contribution in [2.45, 2.75) is 18.6 Å². The molecule has 138 valence electrons. The second-order valence-electron chi connectivity index (χ2n) is 5.93. The molecule has 1 heterocycles. The van der Waals surface area contributed by atoms with E-state index < -0.39 is 11.2 Å². The molecule has 2 N–H and O–H groups in total. The number of benzene rings is 2. The number of halogens is 1. The molecule has 1 amide bonds. The third-order valence-corrected chi connectivity index (χ3v) is 4.95. The fraction of sp³-hybridized carbons (Fsp3) is 0.158. The average Bonchev–Trinajstić information content (AvgIpc) is 2.94. The number of carbonyl (C=O) groups excluding carboxylic acids is 1. The van der Waals surface area contributed by atoms with E-state index >= 15 is 0 Å². The monoisotopic (exact) mass is 385 g/mol. The summed E-state index contributed by atoms with van der Waals surface area (Å²) in [7, 11) is 0. The highest BCUT2D eigenvalue weighted by atomic mass is 32.2. The normalized spacial score (nSPS) is 18.2. The molecule has 0 bridgehead atoms. The van der Waals surface area contributed by atoms with Gasteiger partial charge in [-0.2, -0.15) is 5.10 Å². The number of hydrogen-bond donors (Lipinski definition) is 2. The Bertz CT molecular complexity index is 959. The fourth-order valence-electron chi connectivity index (χ4n) is 2.63. The van der Waals surface area contributed by atoms with E-state index in [0.717, 1.165) is 34.0 Å². The maximum atomic E-state index is 13.3. The lowest BCUT2D eigenvalue weighted by Gasteiger charge is -2.06. The molecule has 0 spiro atoms. The number of nitrogens with one attached hydrogen (secondary N) is 1. The zero-order valence-corrected chi connectivity index (χ0v) is 15.2. The van der Waals surface area contributed by atoms with Gasteiger partial charge in [0.05, 0.1) is 12.6 Å². The SMILES string of the molecule is Cc1cc(F)ccc1-c1cccc(C=NN=C2NC(=O)C(CC(=O)O)S2)c1. The van der Waals surface area contributed by atoms with Gasteiger partial charge in [0.2, 0.25) is 5.91 Å². The van der Waals surface area contributed by atoms with E-state index in [4.69, 9.17) is 5.11 Å². The molecule has 27 heavy (non-hydrogen) atoms. The second kappa shape index (κ2) is 8.13. The summed E-state index contributed by atoms with van der Waals surface area (Å²) in [6.07, 6.45) is 1.27. The molecule has 1 fully saturated rings. The zero-order chi connectivity index (χ0) is 19.4. The van der Waals surface area contributed by atoms with Crippen LogP contribution in [0.3, 0.4) is 0 Å². The molecule has 1 saturated heterocycles. The maximum Gasteiger partial charge on any atom is 0.305 e. The number of rotatable bonds is 5. The fourth-order valence-corrected chi connectivity index (χ4v) is 3.55. The lowest BCUT2D eigenvalue weighted by atomic mass is 9.99. The van der Waals surface area contributed by atoms with E-state index in [9.17, 15) is 14.0 Å². The van der Waals surface area contributed by atoms with Crippen molar-refractivity contribution in [3.05, 3.63) is 59.4 Å². The molecular weight excluding hydrogens is 369 g/mol. The third kappa shape index (κ3) is 4.79. The van der Waals surface area contributed by atoms with Crippen molar-refractivity contribution in [2.75, 3.05) is 0 Å². The molecule has 2 aromatic rings. The Balaban J connectivity index is 1.73. The molecule has 1 atom stereocenters. The molecule has 1 aliphatic heterocycles. The van der Waals surface area contributed by atoms with Crippen LogP contribution in [-0.2, 0) is 9.59 Å². The zero-order valence-electron chi connectivity index (χ0n) is 14.3. The molecule has 0 aromatic heterocycles. The van der Waals surface area contributed by atoms with Gasteiger partial charge in [-0.25, -0.2) is 4.39 Å². The van der Waals surface area contributed by atoms with Crippen LogP contribution in [-0.4, -0.2) is 33.6 Å². The number of nitrogens with zero attached hydrogens (tertiary/aromatic N) is 2. The molecule has 3 rings (SSSR count). The molecule has 2 aromatic carbocycles. The number of amides is 1. The average molecular weight is 385 g/mol. The first-order chi connectivity index (χ1) is 12.9. The first-order valence-corrected chi connectivity index (χ1v) is 8.97. The molecule has 8 heteroatoms. The number of thioether (sulfide) groups is 1. The number of hydrogen-bond acceptors (Lipinski definition) is 5. The summed E-state index contributed by atoms with van der Waals surface area (Å²) < 4.78 is 13.3. The van der Waals surface area contributed by atoms with E-state index in [1.165, 1.54) is 18.3 Å². The Morgan fingerprint density at radius 1 is 1.33 bits per heavy atom. The molecule has 1 unspecified atom stereocenters. The summed E-state index contributed by atoms with van der Waals surface area (Å²) in [6.45, 7) is 1.85. The summed E-state index contributed by atoms with van der Waals surface area (Å²) in [5, 5.41) is 18.8. The molecule has 0 radical (unpaired) electrons. The van der Waals surface area contributed by atoms with Crippen LogP contribution in [0, 0.1) is 12.7 Å². The smallest absolute Gasteiger partial charge is 0.305 e. The Kier molecular flexibility index (Phi) is 5.66. The highest BCUT2D eigenvalue weighted by Gasteiger charge is 2.32. The van der Waals surface area contributed by atoms with Crippen LogP contribution < -0.4 is 5.32 Å². The van der Waals surface area contributed by atoms with Crippen LogP contribution in [0.15, 0.2) is 52.7 Å². The minimum absolute atomic E-state index is 0.266. The number of carboxylic acid groups (broad SMARTS) is 1. The van der Waals surface area contributed by atoms with Gasteiger partial charge in [-0.05, 0) is 47.4 Å². The van der Waals surface area contributed by atoms with Crippen molar-refractivity contribution in [1.29, 1.82) is 0 Å². The van der Waals surface area contributed by atoms with Crippen LogP contribution in [0.1, 0.15) is 17.5 Å². The molecule has 1 aliphatic rings. The van der Waals surface area contributed by atoms with Crippen molar-refractivity contribution < 1.29 is 19.1 Å². The summed E-state index contributed by atoms with van der Waals surface area (Å²) in [5.41, 5.74) is 3.47. The van der Waals surface area contributed by atoms with Crippen LogP contribution in [0.2, 0.25) is 0 Å². The lowest BCUT2D eigenvalue weighted by Crippen LogP contribution is -2.26. The number of carbonyl (C=O) groups is 2. The minimum Gasteiger partial charge on any atom is -0.481 e. The summed E-state index contributed by atoms with van der Waals surface area (Å²) in [5.74, 6) is -1.70. The summed E-state index contributed by atoms with van der Waals surface area (Å²) in [6, 6.07) is 12.2. The quantitative estimate of drug-likeness (QED) is 0.611. The number of aryl methyl sites for hydroxylation is 1. The third-order valence-electron chi connectivity index (χ3n) is 3.88. The van der Waals surface area contributed by atoms with Crippen LogP contribution >= 0.6 is 11.8 Å². The Morgan fingerprint density at radius 3 is 2.89 bits per heavy atom. The Hall–Kier alpha value is -3.00. The van der Waals surface area contributed by atoms with Crippen molar-refractivity contribution in [3.63, 3.8) is 0 Å². The summed E-state index contributed by atoms with van der Waals surface area (Å²) in [4.78, 5) is 22.4. The van der Waals surface area contributed by atoms with Crippen LogP contribution in [0.5, 0.6) is 0 Å². The second-order valence-corrected chi connectivity index (χ2v) is 7.12. The van der Waals surface area contributed by atoms with Gasteiger partial charge in [-0.3, -0.25) is 9.59 Å². The largest absolute Gasteiger partial charge is 0.481 e. The van der Waals surface area contributed by atoms with Gasteiger partial charge >= 0.3 is 5.97 Å². The first-order valence-electron chi connectivity index (χ1n) is 8.09. The molecule has 6 nitrogen and oxygen atoms in total. The van der Waals surface area contributed by atoms with Crippen molar-refractivity contribution in [1.82, 2.24) is 5.32 Å². The number of aliphatic carboxylic acids is 1. The van der Waals surface area contributed by atoms with Crippen LogP contribution in [0.25, 0.3) is 11.1 Å². The Morgan fingerprint density at radius 2 is 2.15 bits per heavy atom. The van der Waals surface area contributed by atoms with E-state index in [1.807, 2.05) is 31.2 Å². The lowest BCUT2D eigenvalue weighted by molar-refractivity contribution is -0.138. The van der Waals surface area contributed by atoms with Gasteiger partial charge < -0.3 is 10.4 Å². The predicted octanol–water partition coefficient (Wildman–Crippen LogP) is 3.20. The number of amidine groups is 1. The van der Waals surface area contributed by atoms with Gasteiger partial charge in [-0.1, -0.05) is 36.0 Å². The van der Waals surface area contributed by atoms with Gasteiger partial charge in [0, 0.05) is 0 Å². The number of carboxylic acids is 1. The predicted molar refractivity (Wildman–Crippen MR) is 103 cm³/mol. The van der Waals surface area contributed by atoms with Gasteiger partial charge in [0.15, 0.2) is 5.17 Å². The van der Waals surface area contributed by atoms with Gasteiger partial charge in [0.25, 0.3) is 0 Å². The van der Waals surface area contributed by atoms with Crippen molar-refractivity contribution >= 4 is 35.0 Å². The van der Waals surface area contributed by atoms with E-state index in [2.05, 4.69) is 15.5 Å². The van der Waals surface area contributed by atoms with Crippen molar-refractivity contribution in [3.8, 4) is 11.1 Å². The highest BCUT2D eigenvalue weighted by Crippen LogP contribution is 2.25. The van der Waals surface area contributed by atoms with Gasteiger partial charge in [0.1, 0.15) is 11.1 Å². The van der Waals surface area contributed by atoms with Crippen molar-refractivity contribution in [2.24, 2.45) is 10.2 Å². The molecular formula is C19H16FN3O3S. The molecule has 0 saturated carbocycles. The van der Waals surface area contributed by atoms with E-state index in [1.54, 1.807) is 6.07 Å². The maximum absolute atomic E-state index is 13.3. The van der Waals surface area contributed by atoms with Gasteiger partial charge in [-0.15, -0.1) is 5.10 Å². The standard InChI is InChI=1S/C19H16FN3O3S/c1-11-7-14(20)5-6-15(11)13-4-2-3-12(8-13)10-21-23-19-22-18(26)16(27-19)9-17(24)25/h2-8,10,16H,9H2,1H3,(H,24,25)(H,22,23,26).